The Balaban J connectivity index is 2.13. The molecule has 2 heterocycles. The Morgan fingerprint density at radius 1 is 1.29 bits per heavy atom. The average Bonchev–Trinajstić information content (AvgIpc) is 3.05. The molecule has 1 fully saturated rings. The summed E-state index contributed by atoms with van der Waals surface area (Å²) in [6.45, 7) is 3.93. The first-order valence-electron chi connectivity index (χ1n) is 5.71. The molecular formula is C12H13ClN4. The molecular weight excluding hydrogens is 236 g/mol. The van der Waals surface area contributed by atoms with Gasteiger partial charge in [-0.3, -0.25) is 0 Å². The van der Waals surface area contributed by atoms with Crippen molar-refractivity contribution in [2.24, 2.45) is 0 Å². The summed E-state index contributed by atoms with van der Waals surface area (Å²) >= 11 is 6.16. The number of rotatable bonds is 2. The third-order valence-electron chi connectivity index (χ3n) is 2.95. The fraction of sp³-hybridized carbons (Fsp3) is 0.417. The zero-order valence-electron chi connectivity index (χ0n) is 9.81. The zero-order valence-corrected chi connectivity index (χ0v) is 10.6. The highest BCUT2D eigenvalue weighted by molar-refractivity contribution is 6.30. The Bertz CT molecular complexity index is 572. The molecule has 0 unspecified atom stereocenters. The fourth-order valence-corrected chi connectivity index (χ4v) is 1.94. The molecule has 4 nitrogen and oxygen atoms in total. The molecule has 0 atom stereocenters. The molecule has 2 aromatic heterocycles. The van der Waals surface area contributed by atoms with E-state index >= 15 is 0 Å². The van der Waals surface area contributed by atoms with Crippen molar-refractivity contribution in [2.75, 3.05) is 0 Å². The van der Waals surface area contributed by atoms with Gasteiger partial charge in [-0.25, -0.2) is 14.6 Å². The maximum Gasteiger partial charge on any atom is 0.161 e. The molecule has 0 radical (unpaired) electrons. The smallest absolute Gasteiger partial charge is 0.161 e. The van der Waals surface area contributed by atoms with Crippen molar-refractivity contribution in [1.29, 1.82) is 0 Å². The largest absolute Gasteiger partial charge is 0.222 e. The topological polar surface area (TPSA) is 43.6 Å². The number of hydrogen-bond acceptors (Lipinski definition) is 3. The third-order valence-corrected chi connectivity index (χ3v) is 3.32. The van der Waals surface area contributed by atoms with Gasteiger partial charge in [0.15, 0.2) is 5.82 Å². The van der Waals surface area contributed by atoms with Crippen LogP contribution in [0.5, 0.6) is 0 Å². The van der Waals surface area contributed by atoms with E-state index in [-0.39, 0.29) is 0 Å². The van der Waals surface area contributed by atoms with E-state index in [1.165, 1.54) is 0 Å². The Morgan fingerprint density at radius 2 is 2.06 bits per heavy atom. The molecule has 0 bridgehead atoms. The molecule has 88 valence electrons. The predicted molar refractivity (Wildman–Crippen MR) is 65.6 cm³/mol. The molecule has 0 amide bonds. The highest BCUT2D eigenvalue weighted by Gasteiger charge is 2.28. The number of nitrogens with zero attached hydrogens (tertiary/aromatic N) is 4. The van der Waals surface area contributed by atoms with E-state index in [1.54, 1.807) is 4.68 Å². The molecule has 0 spiro atoms. The van der Waals surface area contributed by atoms with Crippen LogP contribution in [0.25, 0.3) is 5.82 Å². The summed E-state index contributed by atoms with van der Waals surface area (Å²) in [4.78, 5) is 8.92. The van der Waals surface area contributed by atoms with E-state index in [0.29, 0.717) is 11.1 Å². The molecule has 0 aliphatic heterocycles. The third kappa shape index (κ3) is 1.93. The standard InChI is InChI=1S/C12H13ClN4/c1-7-5-14-17(6-7)12-8(2)10(13)15-11(16-12)9-3-4-9/h5-6,9H,3-4H2,1-2H3. The molecule has 1 aliphatic rings. The van der Waals surface area contributed by atoms with Crippen LogP contribution in [0.1, 0.15) is 35.7 Å². The van der Waals surface area contributed by atoms with E-state index in [4.69, 9.17) is 11.6 Å². The second-order valence-corrected chi connectivity index (χ2v) is 4.92. The number of aromatic nitrogens is 4. The maximum atomic E-state index is 6.16. The molecule has 5 heteroatoms. The highest BCUT2D eigenvalue weighted by Crippen LogP contribution is 2.39. The minimum Gasteiger partial charge on any atom is -0.222 e. The van der Waals surface area contributed by atoms with Gasteiger partial charge in [-0.05, 0) is 32.3 Å². The number of hydrogen-bond donors (Lipinski definition) is 0. The van der Waals surface area contributed by atoms with Crippen molar-refractivity contribution in [1.82, 2.24) is 19.7 Å². The van der Waals surface area contributed by atoms with Gasteiger partial charge >= 0.3 is 0 Å². The number of halogens is 1. The lowest BCUT2D eigenvalue weighted by Gasteiger charge is -2.08. The molecule has 0 saturated heterocycles. The first kappa shape index (κ1) is 10.7. The van der Waals surface area contributed by atoms with Gasteiger partial charge in [-0.15, -0.1) is 0 Å². The van der Waals surface area contributed by atoms with E-state index in [2.05, 4.69) is 15.1 Å². The summed E-state index contributed by atoms with van der Waals surface area (Å²) in [5.41, 5.74) is 1.98. The Morgan fingerprint density at radius 3 is 2.65 bits per heavy atom. The van der Waals surface area contributed by atoms with Crippen molar-refractivity contribution in [3.63, 3.8) is 0 Å². The SMILES string of the molecule is Cc1cnn(-c2nc(C3CC3)nc(Cl)c2C)c1. The summed E-state index contributed by atoms with van der Waals surface area (Å²) in [5.74, 6) is 2.13. The van der Waals surface area contributed by atoms with E-state index in [9.17, 15) is 0 Å². The number of aryl methyl sites for hydroxylation is 1. The second kappa shape index (κ2) is 3.81. The van der Waals surface area contributed by atoms with Crippen LogP contribution in [0.4, 0.5) is 0 Å². The van der Waals surface area contributed by atoms with Gasteiger partial charge in [0.1, 0.15) is 11.0 Å². The van der Waals surface area contributed by atoms with Crippen LogP contribution in [-0.2, 0) is 0 Å². The van der Waals surface area contributed by atoms with Crippen molar-refractivity contribution in [2.45, 2.75) is 32.6 Å². The van der Waals surface area contributed by atoms with Crippen LogP contribution in [0.15, 0.2) is 12.4 Å². The van der Waals surface area contributed by atoms with Crippen molar-refractivity contribution >= 4 is 11.6 Å². The minimum atomic E-state index is 0.489. The van der Waals surface area contributed by atoms with Crippen molar-refractivity contribution in [3.05, 3.63) is 34.5 Å². The van der Waals surface area contributed by atoms with Crippen molar-refractivity contribution in [3.8, 4) is 5.82 Å². The Hall–Kier alpha value is -1.42. The molecule has 1 aliphatic carbocycles. The minimum absolute atomic E-state index is 0.489. The van der Waals surface area contributed by atoms with Gasteiger partial charge < -0.3 is 0 Å². The van der Waals surface area contributed by atoms with Crippen LogP contribution in [0, 0.1) is 13.8 Å². The lowest BCUT2D eigenvalue weighted by atomic mass is 10.3. The summed E-state index contributed by atoms with van der Waals surface area (Å²) < 4.78 is 1.77. The van der Waals surface area contributed by atoms with Crippen LogP contribution in [0.3, 0.4) is 0 Å². The lowest BCUT2D eigenvalue weighted by Crippen LogP contribution is -2.06. The van der Waals surface area contributed by atoms with Crippen LogP contribution >= 0.6 is 11.6 Å². The molecule has 0 aromatic carbocycles. The van der Waals surface area contributed by atoms with Crippen LogP contribution in [0.2, 0.25) is 5.15 Å². The molecule has 17 heavy (non-hydrogen) atoms. The highest BCUT2D eigenvalue weighted by atomic mass is 35.5. The van der Waals surface area contributed by atoms with Gasteiger partial charge in [0, 0.05) is 17.7 Å². The van der Waals surface area contributed by atoms with E-state index in [1.807, 2.05) is 26.2 Å². The van der Waals surface area contributed by atoms with Crippen molar-refractivity contribution < 1.29 is 0 Å². The predicted octanol–water partition coefficient (Wildman–Crippen LogP) is 2.81. The Kier molecular flexibility index (Phi) is 2.40. The first-order valence-corrected chi connectivity index (χ1v) is 6.08. The van der Waals surface area contributed by atoms with Crippen LogP contribution < -0.4 is 0 Å². The molecule has 0 N–H and O–H groups in total. The second-order valence-electron chi connectivity index (χ2n) is 4.56. The monoisotopic (exact) mass is 248 g/mol. The quantitative estimate of drug-likeness (QED) is 0.768. The summed E-state index contributed by atoms with van der Waals surface area (Å²) in [7, 11) is 0. The van der Waals surface area contributed by atoms with Gasteiger partial charge in [0.05, 0.1) is 6.20 Å². The van der Waals surface area contributed by atoms with Gasteiger partial charge in [0.25, 0.3) is 0 Å². The van der Waals surface area contributed by atoms with Crippen LogP contribution in [-0.4, -0.2) is 19.7 Å². The molecule has 1 saturated carbocycles. The van der Waals surface area contributed by atoms with Gasteiger partial charge in [-0.2, -0.15) is 5.10 Å². The Labute approximate surface area is 105 Å². The summed E-state index contributed by atoms with van der Waals surface area (Å²) in [6, 6.07) is 0. The van der Waals surface area contributed by atoms with Gasteiger partial charge in [-0.1, -0.05) is 11.6 Å². The lowest BCUT2D eigenvalue weighted by molar-refractivity contribution is 0.799. The fourth-order valence-electron chi connectivity index (χ4n) is 1.77. The maximum absolute atomic E-state index is 6.16. The van der Waals surface area contributed by atoms with E-state index < -0.39 is 0 Å². The normalized spacial score (nSPS) is 15.2. The summed E-state index contributed by atoms with van der Waals surface area (Å²) in [6.07, 6.45) is 6.09. The van der Waals surface area contributed by atoms with E-state index in [0.717, 1.165) is 35.6 Å². The molecule has 3 rings (SSSR count). The average molecular weight is 249 g/mol. The zero-order chi connectivity index (χ0) is 12.0. The van der Waals surface area contributed by atoms with Gasteiger partial charge in [0.2, 0.25) is 0 Å². The first-order chi connectivity index (χ1) is 8.15. The molecule has 2 aromatic rings. The summed E-state index contributed by atoms with van der Waals surface area (Å²) in [5, 5.41) is 4.81.